The van der Waals surface area contributed by atoms with E-state index in [2.05, 4.69) is 0 Å². The lowest BCUT2D eigenvalue weighted by Gasteiger charge is -2.58. The molecule has 606 valence electrons. The highest BCUT2D eigenvalue weighted by molar-refractivity contribution is 7.97. The summed E-state index contributed by atoms with van der Waals surface area (Å²) in [6.07, 6.45) is 5.80. The van der Waals surface area contributed by atoms with E-state index in [9.17, 15) is 178 Å². The molecule has 9 saturated carbocycles. The summed E-state index contributed by atoms with van der Waals surface area (Å²) in [5.41, 5.74) is -5.36. The number of sulfone groups is 2. The van der Waals surface area contributed by atoms with Crippen LogP contribution in [0.3, 0.4) is 0 Å². The van der Waals surface area contributed by atoms with Crippen LogP contribution >= 0.6 is 0 Å². The third-order valence-corrected chi connectivity index (χ3v) is 36.9. The van der Waals surface area contributed by atoms with Crippen molar-refractivity contribution in [2.45, 2.75) is 196 Å². The first-order chi connectivity index (χ1) is 45.6. The first kappa shape index (κ1) is 92.9. The van der Waals surface area contributed by atoms with Gasteiger partial charge >= 0.3 is 128 Å². The minimum absolute atomic E-state index is 0.0604. The second-order valence-corrected chi connectivity index (χ2v) is 49.1. The van der Waals surface area contributed by atoms with E-state index in [-0.39, 0.29) is 95.3 Å². The molecule has 9 fully saturated rings. The Morgan fingerprint density at radius 2 is 0.660 bits per heavy atom. The minimum atomic E-state index is -5.36. The first-order valence-electron chi connectivity index (χ1n) is 29.5. The molecule has 0 radical (unpaired) electrons. The van der Waals surface area contributed by atoms with Gasteiger partial charge in [-0.3, -0.25) is 0 Å². The smallest absolute Gasteiger partial charge is 0.229 e. The van der Waals surface area contributed by atoms with Crippen molar-refractivity contribution >= 4 is 142 Å². The van der Waals surface area contributed by atoms with Gasteiger partial charge in [0.05, 0.1) is 43.0 Å². The van der Waals surface area contributed by atoms with Crippen molar-refractivity contribution in [1.29, 1.82) is 0 Å². The van der Waals surface area contributed by atoms with E-state index in [1.807, 2.05) is 0 Å². The molecule has 4 bridgehead atoms. The molecule has 0 heterocycles. The molecular weight excluding hydrogens is 1730 g/mol. The van der Waals surface area contributed by atoms with Crippen LogP contribution in [0.4, 0.5) is 59.8 Å². The summed E-state index contributed by atoms with van der Waals surface area (Å²) in [5.74, 6) is -0.564. The summed E-state index contributed by atoms with van der Waals surface area (Å²) in [6.45, 7) is 0. The van der Waals surface area contributed by atoms with Gasteiger partial charge in [-0.1, -0.05) is 49.7 Å². The number of hydrogen-bond donors (Lipinski definition) is 0. The Labute approximate surface area is 588 Å². The van der Waals surface area contributed by atoms with Gasteiger partial charge in [0.15, 0.2) is 20.3 Å². The molecule has 12 atom stereocenters. The lowest BCUT2D eigenvalue weighted by molar-refractivity contribution is -0.0437. The van der Waals surface area contributed by atoms with Crippen molar-refractivity contribution in [1.82, 2.24) is 0 Å². The van der Waals surface area contributed by atoms with Crippen LogP contribution in [0.15, 0.2) is 12.2 Å². The second-order valence-electron chi connectivity index (χ2n) is 26.1. The van der Waals surface area contributed by atoms with Crippen molar-refractivity contribution in [2.75, 3.05) is 17.8 Å². The van der Waals surface area contributed by atoms with Crippen molar-refractivity contribution in [2.24, 2.45) is 35.5 Å². The van der Waals surface area contributed by atoms with Crippen LogP contribution in [-0.2, 0) is 142 Å². The summed E-state index contributed by atoms with van der Waals surface area (Å²) in [5, 5.41) is -15.5. The Hall–Kier alpha value is -2.45. The van der Waals surface area contributed by atoms with E-state index in [0.29, 0.717) is 32.1 Å². The van der Waals surface area contributed by atoms with Gasteiger partial charge in [0.1, 0.15) is 20.0 Å². The van der Waals surface area contributed by atoms with Gasteiger partial charge in [-0.15, -0.1) is 46.6 Å². The van der Waals surface area contributed by atoms with Gasteiger partial charge in [0.2, 0.25) is 0 Å². The number of rotatable bonds is 16. The molecule has 57 heteroatoms. The average molecular weight is 1800 g/mol. The lowest BCUT2D eigenvalue weighted by Crippen LogP contribution is -2.63. The van der Waals surface area contributed by atoms with Gasteiger partial charge in [-0.25, -0.2) is 16.8 Å². The minimum Gasteiger partial charge on any atom is -0.229 e. The third-order valence-electron chi connectivity index (χ3n) is 18.7. The van der Waals surface area contributed by atoms with E-state index in [0.717, 1.165) is 18.4 Å². The summed E-state index contributed by atoms with van der Waals surface area (Å²) in [4.78, 5) is 0. The molecule has 0 aromatic carbocycles. The van der Waals surface area contributed by atoms with Crippen molar-refractivity contribution in [3.05, 3.63) is 12.2 Å². The highest BCUT2D eigenvalue weighted by Crippen LogP contribution is 2.63. The lowest BCUT2D eigenvalue weighted by atomic mass is 9.55. The predicted molar refractivity (Wildman–Crippen MR) is 333 cm³/mol. The molecular formula is C46H65F15O28S14. The molecule has 12 unspecified atom stereocenters. The van der Waals surface area contributed by atoms with E-state index >= 15 is 0 Å². The molecule has 0 aromatic rings. The first-order valence-corrected chi connectivity index (χ1v) is 50.4. The summed E-state index contributed by atoms with van der Waals surface area (Å²) in [6, 6.07) is 0. The maximum atomic E-state index is 13.5. The standard InChI is InChI=1S/C10H14F2O4S2.C10H16F2O4S2.C8H14F2O4S2.C5H7F3O4S2.C5H8F2O4S2.C4H4F2O4S2.C4H2F2O4S2/c11-17(13,14)9-2-7-1-8(4-9)5-10(3-7,6-9)18(12,15)16;11-17(13,14)9-5-1-3-7-8(9)4-2-6-10(7)18(12,15)16;9-15(11,12)7-3-1-4-8(6-2-5-7)16(10,13)14;1-13(9,10)3-2-4(3)14(11,12)5(6,7)8;6-12(8,9)2-4-1-5(4)3-13(7,10)11;2*5-11(7,8)3-1-2-4(3)12(6,9)10/h7-8H,1-6H2;7-10H,1-6H2;7-8H,1-6H2;3-4H,2H2,1H3;4-5H,1-3H2;1-4H;3-4H. The number of alkyl halides is 3. The summed E-state index contributed by atoms with van der Waals surface area (Å²) in [7, 11) is -66.5. The maximum Gasteiger partial charge on any atom is 0.497 e. The zero-order valence-corrected chi connectivity index (χ0v) is 63.7. The molecule has 28 nitrogen and oxygen atoms in total. The van der Waals surface area contributed by atoms with E-state index < -0.39 is 258 Å². The zero-order chi connectivity index (χ0) is 80.1. The monoisotopic (exact) mass is 1800 g/mol. The fraction of sp³-hybridized carbons (Fsp3) is 0.913. The second kappa shape index (κ2) is 32.1. The molecule has 0 aromatic heterocycles. The van der Waals surface area contributed by atoms with Gasteiger partial charge in [-0.2, -0.15) is 114 Å². The quantitative estimate of drug-likeness (QED) is 0.0863. The topological polar surface area (TPSA) is 478 Å². The van der Waals surface area contributed by atoms with Gasteiger partial charge in [0.25, 0.3) is 9.84 Å². The zero-order valence-electron chi connectivity index (χ0n) is 52.3. The van der Waals surface area contributed by atoms with Crippen LogP contribution in [-0.4, -0.2) is 203 Å². The molecule has 0 spiro atoms. The van der Waals surface area contributed by atoms with Gasteiger partial charge < -0.3 is 0 Å². The molecule has 103 heavy (non-hydrogen) atoms. The number of hydrogen-bond acceptors (Lipinski definition) is 28. The fourth-order valence-corrected chi connectivity index (χ4v) is 30.4. The van der Waals surface area contributed by atoms with Crippen LogP contribution in [0.25, 0.3) is 0 Å². The van der Waals surface area contributed by atoms with Crippen LogP contribution in [0, 0.1) is 47.3 Å². The Balaban J connectivity index is 0.000000256. The molecule has 0 amide bonds. The SMILES string of the molecule is CS(=O)(=O)C1CC1S(=O)(=O)C(F)(F)F.O=S(=O)(F)C12CC3CC(C1)CC(S(=O)(=O)F)(C3)C2.O=S(=O)(F)C1C#CC1S(=O)(=O)F.O=S(=O)(F)C1C=CC1S(=O)(=O)F.O=S(=O)(F)C1CCCC(S(=O)(=O)F)CCC1.O=S(=O)(F)C1CCCC2C1CCCC2S(=O)(=O)F.O=S(=O)(F)CC1CC1CS(=O)(=O)F. The van der Waals surface area contributed by atoms with Crippen LogP contribution in [0.5, 0.6) is 0 Å². The normalized spacial score (nSPS) is 33.9. The van der Waals surface area contributed by atoms with E-state index in [1.54, 1.807) is 11.8 Å². The number of fused-ring (bicyclic) bond motifs is 1. The van der Waals surface area contributed by atoms with Crippen molar-refractivity contribution in [3.8, 4) is 11.8 Å². The average Bonchev–Trinajstić information content (AvgIpc) is 1.63. The van der Waals surface area contributed by atoms with E-state index in [4.69, 9.17) is 0 Å². The van der Waals surface area contributed by atoms with Gasteiger partial charge in [-0.05, 0) is 138 Å². The Kier molecular flexibility index (Phi) is 29.0. The Morgan fingerprint density at radius 3 is 0.864 bits per heavy atom. The third kappa shape index (κ3) is 26.1. The van der Waals surface area contributed by atoms with Crippen molar-refractivity contribution < 1.29 is 178 Å². The Morgan fingerprint density at radius 1 is 0.359 bits per heavy atom. The van der Waals surface area contributed by atoms with Gasteiger partial charge in [0, 0.05) is 6.26 Å². The van der Waals surface area contributed by atoms with Crippen LogP contribution < -0.4 is 0 Å². The summed E-state index contributed by atoms with van der Waals surface area (Å²) >= 11 is 0. The van der Waals surface area contributed by atoms with E-state index in [1.165, 1.54) is 0 Å². The molecule has 0 N–H and O–H groups in total. The molecule has 11 aliphatic rings. The molecule has 11 aliphatic carbocycles. The predicted octanol–water partition coefficient (Wildman–Crippen LogP) is 4.83. The number of halogens is 15. The maximum absolute atomic E-state index is 13.5. The van der Waals surface area contributed by atoms with Crippen LogP contribution in [0.1, 0.15) is 128 Å². The van der Waals surface area contributed by atoms with Crippen molar-refractivity contribution in [3.63, 3.8) is 0 Å². The van der Waals surface area contributed by atoms with Crippen LogP contribution in [0.2, 0.25) is 0 Å². The molecule has 11 rings (SSSR count). The fourth-order valence-electron chi connectivity index (χ4n) is 14.0. The molecule has 0 saturated heterocycles. The highest BCUT2D eigenvalue weighted by atomic mass is 32.3. The highest BCUT2D eigenvalue weighted by Gasteiger charge is 2.68. The molecule has 0 aliphatic heterocycles. The summed E-state index contributed by atoms with van der Waals surface area (Å²) < 4.78 is 480. The largest absolute Gasteiger partial charge is 0.497 e. The Bertz CT molecular complexity index is 4680.